The maximum Gasteiger partial charge on any atom is 0.124 e. The average Bonchev–Trinajstić information content (AvgIpc) is 2.73. The molecule has 2 aromatic rings. The van der Waals surface area contributed by atoms with Crippen LogP contribution in [-0.2, 0) is 6.54 Å². The molecule has 2 rings (SSSR count). The topological polar surface area (TPSA) is 38.0 Å². The number of aliphatic hydroxyl groups excluding tert-OH is 1. The molecule has 1 aromatic carbocycles. The van der Waals surface area contributed by atoms with Crippen molar-refractivity contribution in [1.29, 1.82) is 0 Å². The Balaban J connectivity index is 2.51. The summed E-state index contributed by atoms with van der Waals surface area (Å²) in [5, 5.41) is 15.6. The number of halogens is 2. The van der Waals surface area contributed by atoms with Gasteiger partial charge in [-0.3, -0.25) is 4.68 Å². The molecule has 0 aliphatic heterocycles. The average molecular weight is 285 g/mol. The van der Waals surface area contributed by atoms with Crippen LogP contribution in [0.2, 0.25) is 10.0 Å². The van der Waals surface area contributed by atoms with Crippen molar-refractivity contribution in [3.63, 3.8) is 0 Å². The van der Waals surface area contributed by atoms with E-state index in [1.54, 1.807) is 10.7 Å². The highest BCUT2D eigenvalue weighted by atomic mass is 35.5. The number of hydrogen-bond donors (Lipinski definition) is 1. The molecule has 0 saturated heterocycles. The third-order valence-electron chi connectivity index (χ3n) is 2.91. The third kappa shape index (κ3) is 2.26. The van der Waals surface area contributed by atoms with Crippen LogP contribution in [0.25, 0.3) is 0 Å². The van der Waals surface area contributed by atoms with Crippen molar-refractivity contribution in [3.05, 3.63) is 51.3 Å². The Kier molecular flexibility index (Phi) is 3.95. The predicted molar refractivity (Wildman–Crippen MR) is 73.2 cm³/mol. The van der Waals surface area contributed by atoms with Gasteiger partial charge in [0.15, 0.2) is 0 Å². The Bertz CT molecular complexity index is 566. The van der Waals surface area contributed by atoms with Crippen LogP contribution in [0.4, 0.5) is 0 Å². The molecule has 1 aromatic heterocycles. The van der Waals surface area contributed by atoms with Crippen molar-refractivity contribution in [2.45, 2.75) is 26.5 Å². The van der Waals surface area contributed by atoms with Gasteiger partial charge in [0.1, 0.15) is 6.10 Å². The standard InChI is InChI=1S/C13H14Cl2N2O/c1-3-17-12(10(14)7-16-17)13(18)9-6-4-5-8(2)11(9)15/h4-7,13,18H,3H2,1-2H3. The largest absolute Gasteiger partial charge is 0.382 e. The van der Waals surface area contributed by atoms with Gasteiger partial charge in [-0.05, 0) is 19.4 Å². The molecule has 3 nitrogen and oxygen atoms in total. The summed E-state index contributed by atoms with van der Waals surface area (Å²) >= 11 is 12.3. The van der Waals surface area contributed by atoms with Gasteiger partial charge in [0.25, 0.3) is 0 Å². The number of aryl methyl sites for hydroxylation is 2. The number of hydrogen-bond acceptors (Lipinski definition) is 2. The van der Waals surface area contributed by atoms with E-state index in [2.05, 4.69) is 5.10 Å². The van der Waals surface area contributed by atoms with E-state index in [1.807, 2.05) is 26.0 Å². The number of aliphatic hydroxyl groups is 1. The van der Waals surface area contributed by atoms with Crippen LogP contribution in [0.1, 0.15) is 29.8 Å². The number of benzene rings is 1. The molecule has 1 N–H and O–H groups in total. The SMILES string of the molecule is CCn1ncc(Cl)c1C(O)c1cccc(C)c1Cl. The van der Waals surface area contributed by atoms with Gasteiger partial charge < -0.3 is 5.11 Å². The summed E-state index contributed by atoms with van der Waals surface area (Å²) in [7, 11) is 0. The fourth-order valence-electron chi connectivity index (χ4n) is 1.92. The first-order chi connectivity index (χ1) is 8.56. The van der Waals surface area contributed by atoms with Gasteiger partial charge in [-0.1, -0.05) is 41.4 Å². The van der Waals surface area contributed by atoms with Gasteiger partial charge in [-0.2, -0.15) is 5.10 Å². The van der Waals surface area contributed by atoms with Gasteiger partial charge in [-0.25, -0.2) is 0 Å². The molecular formula is C13H14Cl2N2O. The van der Waals surface area contributed by atoms with Crippen LogP contribution in [0, 0.1) is 6.92 Å². The molecule has 1 unspecified atom stereocenters. The summed E-state index contributed by atoms with van der Waals surface area (Å²) < 4.78 is 1.67. The first-order valence-corrected chi connectivity index (χ1v) is 6.46. The first-order valence-electron chi connectivity index (χ1n) is 5.70. The summed E-state index contributed by atoms with van der Waals surface area (Å²) in [4.78, 5) is 0. The molecule has 0 amide bonds. The molecule has 0 spiro atoms. The van der Waals surface area contributed by atoms with Gasteiger partial charge in [0, 0.05) is 17.1 Å². The Hall–Kier alpha value is -1.03. The van der Waals surface area contributed by atoms with E-state index in [4.69, 9.17) is 23.2 Å². The smallest absolute Gasteiger partial charge is 0.124 e. The maximum atomic E-state index is 10.4. The maximum absolute atomic E-state index is 10.4. The molecule has 0 fully saturated rings. The number of nitrogens with zero attached hydrogens (tertiary/aromatic N) is 2. The van der Waals surface area contributed by atoms with Crippen molar-refractivity contribution < 1.29 is 5.11 Å². The van der Waals surface area contributed by atoms with Gasteiger partial charge in [0.2, 0.25) is 0 Å². The van der Waals surface area contributed by atoms with Crippen LogP contribution in [-0.4, -0.2) is 14.9 Å². The normalized spacial score (nSPS) is 12.7. The van der Waals surface area contributed by atoms with Crippen molar-refractivity contribution >= 4 is 23.2 Å². The summed E-state index contributed by atoms with van der Waals surface area (Å²) in [6, 6.07) is 5.56. The minimum atomic E-state index is -0.868. The molecule has 18 heavy (non-hydrogen) atoms. The van der Waals surface area contributed by atoms with Crippen molar-refractivity contribution in [3.8, 4) is 0 Å². The monoisotopic (exact) mass is 284 g/mol. The van der Waals surface area contributed by atoms with Crippen molar-refractivity contribution in [2.75, 3.05) is 0 Å². The molecule has 5 heteroatoms. The zero-order valence-corrected chi connectivity index (χ0v) is 11.7. The summed E-state index contributed by atoms with van der Waals surface area (Å²) in [6.07, 6.45) is 0.667. The molecule has 0 radical (unpaired) electrons. The van der Waals surface area contributed by atoms with Crippen molar-refractivity contribution in [1.82, 2.24) is 9.78 Å². The summed E-state index contributed by atoms with van der Waals surface area (Å²) in [5.41, 5.74) is 2.15. The zero-order chi connectivity index (χ0) is 13.3. The Morgan fingerprint density at radius 2 is 2.11 bits per heavy atom. The highest BCUT2D eigenvalue weighted by molar-refractivity contribution is 6.32. The van der Waals surface area contributed by atoms with E-state index in [0.717, 1.165) is 5.56 Å². The molecule has 0 aliphatic carbocycles. The van der Waals surface area contributed by atoms with E-state index in [0.29, 0.717) is 27.8 Å². The van der Waals surface area contributed by atoms with E-state index < -0.39 is 6.10 Å². The molecule has 1 heterocycles. The van der Waals surface area contributed by atoms with Crippen LogP contribution in [0.3, 0.4) is 0 Å². The lowest BCUT2D eigenvalue weighted by Gasteiger charge is -2.16. The minimum Gasteiger partial charge on any atom is -0.382 e. The van der Waals surface area contributed by atoms with E-state index in [-0.39, 0.29) is 0 Å². The molecule has 1 atom stereocenters. The molecular weight excluding hydrogens is 271 g/mol. The molecule has 0 saturated carbocycles. The zero-order valence-electron chi connectivity index (χ0n) is 10.2. The second-order valence-electron chi connectivity index (χ2n) is 4.07. The third-order valence-corrected chi connectivity index (χ3v) is 3.72. The van der Waals surface area contributed by atoms with Crippen LogP contribution < -0.4 is 0 Å². The quantitative estimate of drug-likeness (QED) is 0.935. The van der Waals surface area contributed by atoms with E-state index in [1.165, 1.54) is 6.20 Å². The lowest BCUT2D eigenvalue weighted by atomic mass is 10.0. The second kappa shape index (κ2) is 5.31. The fourth-order valence-corrected chi connectivity index (χ4v) is 2.40. The highest BCUT2D eigenvalue weighted by Crippen LogP contribution is 2.33. The lowest BCUT2D eigenvalue weighted by Crippen LogP contribution is -2.10. The van der Waals surface area contributed by atoms with Crippen LogP contribution >= 0.6 is 23.2 Å². The van der Waals surface area contributed by atoms with E-state index >= 15 is 0 Å². The summed E-state index contributed by atoms with van der Waals surface area (Å²) in [6.45, 7) is 4.48. The second-order valence-corrected chi connectivity index (χ2v) is 4.86. The fraction of sp³-hybridized carbons (Fsp3) is 0.308. The minimum absolute atomic E-state index is 0.446. The Morgan fingerprint density at radius 3 is 2.78 bits per heavy atom. The van der Waals surface area contributed by atoms with Crippen molar-refractivity contribution in [2.24, 2.45) is 0 Å². The lowest BCUT2D eigenvalue weighted by molar-refractivity contribution is 0.208. The van der Waals surface area contributed by atoms with Crippen LogP contribution in [0.5, 0.6) is 0 Å². The molecule has 0 bridgehead atoms. The molecule has 96 valence electrons. The Labute approximate surface area is 116 Å². The Morgan fingerprint density at radius 1 is 1.39 bits per heavy atom. The van der Waals surface area contributed by atoms with Gasteiger partial charge >= 0.3 is 0 Å². The highest BCUT2D eigenvalue weighted by Gasteiger charge is 2.21. The number of aromatic nitrogens is 2. The summed E-state index contributed by atoms with van der Waals surface area (Å²) in [5.74, 6) is 0. The first kappa shape index (κ1) is 13.4. The van der Waals surface area contributed by atoms with Crippen LogP contribution in [0.15, 0.2) is 24.4 Å². The number of rotatable bonds is 3. The van der Waals surface area contributed by atoms with E-state index in [9.17, 15) is 5.11 Å². The van der Waals surface area contributed by atoms with Gasteiger partial charge in [-0.15, -0.1) is 0 Å². The molecule has 0 aliphatic rings. The predicted octanol–water partition coefficient (Wildman–Crippen LogP) is 3.60. The van der Waals surface area contributed by atoms with Gasteiger partial charge in [0.05, 0.1) is 16.9 Å².